The van der Waals surface area contributed by atoms with Crippen LogP contribution in [0.25, 0.3) is 0 Å². The summed E-state index contributed by atoms with van der Waals surface area (Å²) in [4.78, 5) is 5.97. The fraction of sp³-hybridized carbons (Fsp3) is 0.353. The zero-order valence-electron chi connectivity index (χ0n) is 15.6. The van der Waals surface area contributed by atoms with Crippen LogP contribution in [0.1, 0.15) is 20.3 Å². The molecule has 0 saturated carbocycles. The van der Waals surface area contributed by atoms with Crippen molar-refractivity contribution in [2.45, 2.75) is 26.0 Å². The molecule has 7 nitrogen and oxygen atoms in total. The third kappa shape index (κ3) is 6.21. The Balaban J connectivity index is 2.55. The van der Waals surface area contributed by atoms with Gasteiger partial charge in [-0.05, 0) is 64.1 Å². The molecule has 2 rings (SSSR count). The highest BCUT2D eigenvalue weighted by Gasteiger charge is 2.25. The predicted molar refractivity (Wildman–Crippen MR) is 109 cm³/mol. The Bertz CT molecular complexity index is 966. The molecule has 1 unspecified atom stereocenters. The van der Waals surface area contributed by atoms with Gasteiger partial charge in [-0.2, -0.15) is 13.1 Å². The number of pyridine rings is 1. The van der Waals surface area contributed by atoms with Crippen LogP contribution in [0.15, 0.2) is 55.6 Å². The second-order valence-electron chi connectivity index (χ2n) is 5.72. The highest BCUT2D eigenvalue weighted by atomic mass is 79.9. The lowest BCUT2D eigenvalue weighted by Gasteiger charge is -2.22. The molecule has 1 heterocycles. The summed E-state index contributed by atoms with van der Waals surface area (Å²) in [5, 5.41) is 7.86. The summed E-state index contributed by atoms with van der Waals surface area (Å²) >= 11 is 3.24. The minimum atomic E-state index is -4.89. The van der Waals surface area contributed by atoms with Crippen LogP contribution in [0.2, 0.25) is 0 Å². The topological polar surface area (TPSA) is 79.5 Å². The van der Waals surface area contributed by atoms with Gasteiger partial charge in [0.15, 0.2) is 5.82 Å². The van der Waals surface area contributed by atoms with Crippen molar-refractivity contribution >= 4 is 48.8 Å². The molecule has 0 aliphatic rings. The van der Waals surface area contributed by atoms with Crippen molar-refractivity contribution < 1.29 is 21.9 Å². The lowest BCUT2D eigenvalue weighted by Crippen LogP contribution is -2.23. The molecule has 1 aromatic carbocycles. The first kappa shape index (κ1) is 23.2. The summed E-state index contributed by atoms with van der Waals surface area (Å²) in [5.74, 6) is -3.40. The number of aromatic nitrogens is 1. The molecule has 12 heteroatoms. The van der Waals surface area contributed by atoms with E-state index in [1.807, 2.05) is 18.7 Å². The van der Waals surface area contributed by atoms with E-state index < -0.39 is 15.8 Å². The molecule has 0 amide bonds. The Labute approximate surface area is 175 Å². The number of azo groups is 1. The number of nitrogens with zero attached hydrogens (tertiary/aromatic N) is 5. The van der Waals surface area contributed by atoms with Gasteiger partial charge in [-0.1, -0.05) is 11.3 Å². The summed E-state index contributed by atoms with van der Waals surface area (Å²) in [6.07, 6.45) is 2.35. The van der Waals surface area contributed by atoms with Crippen LogP contribution >= 0.6 is 15.9 Å². The van der Waals surface area contributed by atoms with Crippen molar-refractivity contribution in [2.75, 3.05) is 18.0 Å². The van der Waals surface area contributed by atoms with Crippen LogP contribution in [0.4, 0.5) is 36.2 Å². The van der Waals surface area contributed by atoms with E-state index in [1.54, 1.807) is 18.2 Å². The van der Waals surface area contributed by atoms with Crippen LogP contribution in [0.5, 0.6) is 0 Å². The Morgan fingerprint density at radius 3 is 2.52 bits per heavy atom. The summed E-state index contributed by atoms with van der Waals surface area (Å²) < 4.78 is 57.7. The zero-order valence-corrected chi connectivity index (χ0v) is 18.0. The molecular weight excluding hydrogens is 475 g/mol. The first-order chi connectivity index (χ1) is 13.8. The molecule has 0 fully saturated rings. The number of hydrogen-bond donors (Lipinski definition) is 0. The van der Waals surface area contributed by atoms with E-state index in [9.17, 15) is 17.5 Å². The Kier molecular flexibility index (Phi) is 8.53. The molecule has 0 spiro atoms. The minimum absolute atomic E-state index is 0.0106. The Hall–Kier alpha value is -2.05. The van der Waals surface area contributed by atoms with Crippen molar-refractivity contribution in [1.29, 1.82) is 0 Å². The van der Waals surface area contributed by atoms with Gasteiger partial charge in [0, 0.05) is 29.4 Å². The molecule has 2 aromatic rings. The Morgan fingerprint density at radius 2 is 1.97 bits per heavy atom. The fourth-order valence-corrected chi connectivity index (χ4v) is 3.17. The summed E-state index contributed by atoms with van der Waals surface area (Å²) in [5.41, 5.74) is 0.404. The molecule has 29 heavy (non-hydrogen) atoms. The SMILES string of the molecule is CCCN(CC)c1ccc(N=Nc2ccc(Br)cn2)c(N=S(=O)(OF)C(F)F)c1. The maximum Gasteiger partial charge on any atom is 0.345 e. The molecule has 1 aromatic heterocycles. The molecule has 1 atom stereocenters. The maximum absolute atomic E-state index is 13.0. The van der Waals surface area contributed by atoms with Gasteiger partial charge < -0.3 is 4.90 Å². The molecular formula is C17H19BrF3N5O2S. The van der Waals surface area contributed by atoms with Gasteiger partial charge in [-0.15, -0.1) is 10.2 Å². The summed E-state index contributed by atoms with van der Waals surface area (Å²) in [6, 6.07) is 7.83. The van der Waals surface area contributed by atoms with E-state index in [2.05, 4.69) is 39.9 Å². The van der Waals surface area contributed by atoms with Gasteiger partial charge >= 0.3 is 5.76 Å². The average Bonchev–Trinajstić information content (AvgIpc) is 2.72. The Morgan fingerprint density at radius 1 is 1.21 bits per heavy atom. The van der Waals surface area contributed by atoms with E-state index in [0.717, 1.165) is 10.9 Å². The van der Waals surface area contributed by atoms with Crippen LogP contribution in [0.3, 0.4) is 0 Å². The quantitative estimate of drug-likeness (QED) is 0.367. The largest absolute Gasteiger partial charge is 0.372 e. The number of rotatable bonds is 9. The summed E-state index contributed by atoms with van der Waals surface area (Å²) in [7, 11) is -4.89. The molecule has 0 saturated heterocycles. The van der Waals surface area contributed by atoms with Gasteiger partial charge in [-0.3, -0.25) is 0 Å². The molecule has 0 aliphatic carbocycles. The van der Waals surface area contributed by atoms with Crippen LogP contribution in [-0.4, -0.2) is 28.0 Å². The first-order valence-corrected chi connectivity index (χ1v) is 10.9. The van der Waals surface area contributed by atoms with Crippen molar-refractivity contribution in [2.24, 2.45) is 14.6 Å². The third-order valence-electron chi connectivity index (χ3n) is 3.71. The zero-order chi connectivity index (χ0) is 21.4. The van der Waals surface area contributed by atoms with Gasteiger partial charge in [0.05, 0.1) is 0 Å². The van der Waals surface area contributed by atoms with Crippen LogP contribution in [0, 0.1) is 0 Å². The summed E-state index contributed by atoms with van der Waals surface area (Å²) in [6.45, 7) is 5.25. The highest BCUT2D eigenvalue weighted by Crippen LogP contribution is 2.36. The number of benzene rings is 1. The number of anilines is 1. The van der Waals surface area contributed by atoms with Gasteiger partial charge in [0.1, 0.15) is 11.4 Å². The lowest BCUT2D eigenvalue weighted by molar-refractivity contribution is -0.000950. The van der Waals surface area contributed by atoms with Crippen LogP contribution in [-0.2, 0) is 14.4 Å². The molecule has 0 aliphatic heterocycles. The second-order valence-corrected chi connectivity index (χ2v) is 8.33. The lowest BCUT2D eigenvalue weighted by atomic mass is 10.2. The van der Waals surface area contributed by atoms with Gasteiger partial charge in [0.25, 0.3) is 10.0 Å². The van der Waals surface area contributed by atoms with E-state index in [4.69, 9.17) is 0 Å². The monoisotopic (exact) mass is 493 g/mol. The second kappa shape index (κ2) is 10.6. The van der Waals surface area contributed by atoms with E-state index in [0.29, 0.717) is 18.8 Å². The van der Waals surface area contributed by atoms with E-state index >= 15 is 0 Å². The average molecular weight is 494 g/mol. The molecule has 0 radical (unpaired) electrons. The normalized spacial score (nSPS) is 13.6. The highest BCUT2D eigenvalue weighted by molar-refractivity contribution is 9.10. The first-order valence-electron chi connectivity index (χ1n) is 8.59. The molecule has 0 bridgehead atoms. The van der Waals surface area contributed by atoms with Gasteiger partial charge in [-0.25, -0.2) is 9.19 Å². The standard InChI is InChI=1S/C17H19BrF3N5O2S/c1-3-9-26(4-2)13-6-7-14(23-24-16-8-5-12(18)11-22-16)15(10-13)25-29(27,28-21)17(19)20/h5-8,10-11,17H,3-4,9H2,1-2H3. The minimum Gasteiger partial charge on any atom is -0.372 e. The maximum atomic E-state index is 13.0. The van der Waals surface area contributed by atoms with Crippen molar-refractivity contribution in [3.63, 3.8) is 0 Å². The third-order valence-corrected chi connectivity index (χ3v) is 5.26. The van der Waals surface area contributed by atoms with E-state index in [1.165, 1.54) is 18.3 Å². The molecule has 0 N–H and O–H groups in total. The smallest absolute Gasteiger partial charge is 0.345 e. The van der Waals surface area contributed by atoms with Crippen molar-refractivity contribution in [3.8, 4) is 0 Å². The number of alkyl halides is 2. The van der Waals surface area contributed by atoms with Crippen molar-refractivity contribution in [3.05, 3.63) is 41.0 Å². The van der Waals surface area contributed by atoms with Crippen LogP contribution < -0.4 is 4.90 Å². The van der Waals surface area contributed by atoms with Crippen molar-refractivity contribution in [1.82, 2.24) is 4.98 Å². The predicted octanol–water partition coefficient (Wildman–Crippen LogP) is 6.63. The fourth-order valence-electron chi connectivity index (χ4n) is 2.36. The number of halogens is 4. The van der Waals surface area contributed by atoms with E-state index in [-0.39, 0.29) is 17.2 Å². The van der Waals surface area contributed by atoms with Gasteiger partial charge in [0.2, 0.25) is 0 Å². The molecule has 158 valence electrons. The number of hydrogen-bond acceptors (Lipinski definition) is 7.